The predicted octanol–water partition coefficient (Wildman–Crippen LogP) is 6.11. The van der Waals surface area contributed by atoms with Crippen molar-refractivity contribution in [1.82, 2.24) is 5.32 Å². The molecule has 1 nitrogen and oxygen atoms in total. The fourth-order valence-electron chi connectivity index (χ4n) is 2.87. The van der Waals surface area contributed by atoms with Gasteiger partial charge in [-0.05, 0) is 36.4 Å². The van der Waals surface area contributed by atoms with Crippen molar-refractivity contribution in [2.24, 2.45) is 0 Å². The molecule has 0 aliphatic carbocycles. The molecule has 0 saturated heterocycles. The van der Waals surface area contributed by atoms with Crippen molar-refractivity contribution >= 4 is 22.4 Å². The Morgan fingerprint density at radius 2 is 1.71 bits per heavy atom. The molecule has 1 unspecified atom stereocenters. The van der Waals surface area contributed by atoms with Crippen LogP contribution in [0.5, 0.6) is 0 Å². The van der Waals surface area contributed by atoms with Crippen LogP contribution < -0.4 is 5.32 Å². The maximum Gasteiger partial charge on any atom is 0.0484 e. The summed E-state index contributed by atoms with van der Waals surface area (Å²) in [5, 5.41) is 7.01. The van der Waals surface area contributed by atoms with E-state index >= 15 is 0 Å². The summed E-state index contributed by atoms with van der Waals surface area (Å²) in [6.45, 7) is 5.54. The first-order valence-corrected chi connectivity index (χ1v) is 8.56. The van der Waals surface area contributed by atoms with Gasteiger partial charge in [0, 0.05) is 16.5 Å². The van der Waals surface area contributed by atoms with Crippen molar-refractivity contribution < 1.29 is 0 Å². The molecular weight excluding hydrogens is 278 g/mol. The van der Waals surface area contributed by atoms with Gasteiger partial charge in [-0.25, -0.2) is 0 Å². The van der Waals surface area contributed by atoms with Crippen molar-refractivity contribution in [3.63, 3.8) is 0 Å². The van der Waals surface area contributed by atoms with E-state index in [-0.39, 0.29) is 0 Å². The van der Waals surface area contributed by atoms with Crippen molar-refractivity contribution in [2.45, 2.75) is 52.0 Å². The quantitative estimate of drug-likeness (QED) is 0.580. The van der Waals surface area contributed by atoms with Gasteiger partial charge in [-0.3, -0.25) is 0 Å². The van der Waals surface area contributed by atoms with Crippen LogP contribution in [0.25, 0.3) is 10.8 Å². The average molecular weight is 304 g/mol. The number of hydrogen-bond acceptors (Lipinski definition) is 1. The van der Waals surface area contributed by atoms with E-state index in [1.165, 1.54) is 36.6 Å². The monoisotopic (exact) mass is 303 g/mol. The van der Waals surface area contributed by atoms with Gasteiger partial charge in [0.2, 0.25) is 0 Å². The Labute approximate surface area is 133 Å². The Bertz CT molecular complexity index is 564. The average Bonchev–Trinajstić information content (AvgIpc) is 2.52. The fourth-order valence-corrected chi connectivity index (χ4v) is 3.10. The van der Waals surface area contributed by atoms with Crippen LogP contribution in [0, 0.1) is 0 Å². The topological polar surface area (TPSA) is 12.0 Å². The molecule has 0 spiro atoms. The van der Waals surface area contributed by atoms with Crippen LogP contribution in [0.4, 0.5) is 0 Å². The molecular formula is C19H26ClN. The van der Waals surface area contributed by atoms with Gasteiger partial charge in [-0.1, -0.05) is 75.0 Å². The van der Waals surface area contributed by atoms with Gasteiger partial charge in [-0.2, -0.15) is 0 Å². The second kappa shape index (κ2) is 8.41. The van der Waals surface area contributed by atoms with Gasteiger partial charge < -0.3 is 5.32 Å². The lowest BCUT2D eigenvalue weighted by Crippen LogP contribution is -2.22. The second-order valence-electron chi connectivity index (χ2n) is 5.68. The zero-order chi connectivity index (χ0) is 15.1. The summed E-state index contributed by atoms with van der Waals surface area (Å²) in [7, 11) is 0. The largest absolute Gasteiger partial charge is 0.310 e. The number of fused-ring (bicyclic) bond motifs is 1. The van der Waals surface area contributed by atoms with E-state index in [4.69, 9.17) is 11.6 Å². The predicted molar refractivity (Wildman–Crippen MR) is 94.1 cm³/mol. The zero-order valence-corrected chi connectivity index (χ0v) is 13.9. The van der Waals surface area contributed by atoms with Crippen molar-refractivity contribution in [1.29, 1.82) is 0 Å². The molecule has 1 N–H and O–H groups in total. The van der Waals surface area contributed by atoms with E-state index in [9.17, 15) is 0 Å². The Morgan fingerprint density at radius 3 is 2.43 bits per heavy atom. The fraction of sp³-hybridized carbons (Fsp3) is 0.474. The first-order valence-electron chi connectivity index (χ1n) is 8.18. The van der Waals surface area contributed by atoms with Crippen LogP contribution in [-0.4, -0.2) is 6.54 Å². The Balaban J connectivity index is 2.32. The zero-order valence-electron chi connectivity index (χ0n) is 13.2. The van der Waals surface area contributed by atoms with Gasteiger partial charge >= 0.3 is 0 Å². The molecule has 0 heterocycles. The van der Waals surface area contributed by atoms with E-state index in [1.54, 1.807) is 0 Å². The van der Waals surface area contributed by atoms with Gasteiger partial charge in [-0.15, -0.1) is 0 Å². The second-order valence-corrected chi connectivity index (χ2v) is 6.09. The highest BCUT2D eigenvalue weighted by atomic mass is 35.5. The summed E-state index contributed by atoms with van der Waals surface area (Å²) in [6.07, 6.45) is 6.20. The van der Waals surface area contributed by atoms with Crippen molar-refractivity contribution in [3.8, 4) is 0 Å². The van der Waals surface area contributed by atoms with Gasteiger partial charge in [0.25, 0.3) is 0 Å². The molecule has 0 radical (unpaired) electrons. The first kappa shape index (κ1) is 16.3. The SMILES string of the molecule is CCCCCC(NCCC)c1ccc(Cl)c2ccccc12. The summed E-state index contributed by atoms with van der Waals surface area (Å²) in [5.74, 6) is 0. The maximum atomic E-state index is 6.34. The smallest absolute Gasteiger partial charge is 0.0484 e. The van der Waals surface area contributed by atoms with Gasteiger partial charge in [0.05, 0.1) is 0 Å². The van der Waals surface area contributed by atoms with E-state index in [0.29, 0.717) is 6.04 Å². The van der Waals surface area contributed by atoms with Crippen LogP contribution in [-0.2, 0) is 0 Å². The molecule has 0 amide bonds. The minimum atomic E-state index is 0.429. The number of rotatable bonds is 8. The lowest BCUT2D eigenvalue weighted by atomic mass is 9.95. The number of unbranched alkanes of at least 4 members (excludes halogenated alkanes) is 2. The standard InChI is InChI=1S/C19H26ClN/c1-3-5-6-11-19(21-14-4-2)17-12-13-18(20)16-10-8-7-9-15(16)17/h7-10,12-13,19,21H,3-6,11,14H2,1-2H3. The lowest BCUT2D eigenvalue weighted by Gasteiger charge is -2.21. The highest BCUT2D eigenvalue weighted by molar-refractivity contribution is 6.35. The molecule has 2 rings (SSSR count). The number of benzene rings is 2. The lowest BCUT2D eigenvalue weighted by molar-refractivity contribution is 0.477. The normalized spacial score (nSPS) is 12.7. The summed E-state index contributed by atoms with van der Waals surface area (Å²) in [6, 6.07) is 13.1. The third kappa shape index (κ3) is 4.21. The minimum Gasteiger partial charge on any atom is -0.310 e. The number of hydrogen-bond donors (Lipinski definition) is 1. The van der Waals surface area contributed by atoms with Crippen molar-refractivity contribution in [3.05, 3.63) is 47.0 Å². The van der Waals surface area contributed by atoms with Crippen LogP contribution in [0.2, 0.25) is 5.02 Å². The van der Waals surface area contributed by atoms with E-state index in [1.807, 2.05) is 6.07 Å². The van der Waals surface area contributed by atoms with Crippen LogP contribution >= 0.6 is 11.6 Å². The van der Waals surface area contributed by atoms with Crippen LogP contribution in [0.3, 0.4) is 0 Å². The summed E-state index contributed by atoms with van der Waals surface area (Å²) < 4.78 is 0. The molecule has 21 heavy (non-hydrogen) atoms. The number of halogens is 1. The third-order valence-electron chi connectivity index (χ3n) is 4.02. The Morgan fingerprint density at radius 1 is 0.952 bits per heavy atom. The molecule has 0 aliphatic heterocycles. The number of nitrogens with one attached hydrogen (secondary N) is 1. The van der Waals surface area contributed by atoms with Crippen LogP contribution in [0.1, 0.15) is 57.6 Å². The van der Waals surface area contributed by atoms with Crippen LogP contribution in [0.15, 0.2) is 36.4 Å². The van der Waals surface area contributed by atoms with E-state index < -0.39 is 0 Å². The molecule has 0 aromatic heterocycles. The molecule has 1 atom stereocenters. The van der Waals surface area contributed by atoms with E-state index in [2.05, 4.69) is 49.5 Å². The summed E-state index contributed by atoms with van der Waals surface area (Å²) in [4.78, 5) is 0. The van der Waals surface area contributed by atoms with E-state index in [0.717, 1.165) is 23.4 Å². The summed E-state index contributed by atoms with van der Waals surface area (Å²) in [5.41, 5.74) is 1.39. The minimum absolute atomic E-state index is 0.429. The van der Waals surface area contributed by atoms with Gasteiger partial charge in [0.1, 0.15) is 0 Å². The van der Waals surface area contributed by atoms with Gasteiger partial charge in [0.15, 0.2) is 0 Å². The molecule has 0 saturated carbocycles. The molecule has 2 heteroatoms. The molecule has 0 aliphatic rings. The molecule has 0 bridgehead atoms. The highest BCUT2D eigenvalue weighted by Crippen LogP contribution is 2.32. The molecule has 0 fully saturated rings. The Kier molecular flexibility index (Phi) is 6.53. The van der Waals surface area contributed by atoms with Crippen molar-refractivity contribution in [2.75, 3.05) is 6.54 Å². The molecule has 114 valence electrons. The Hall–Kier alpha value is -1.05. The molecule has 2 aromatic carbocycles. The third-order valence-corrected chi connectivity index (χ3v) is 4.35. The highest BCUT2D eigenvalue weighted by Gasteiger charge is 2.14. The summed E-state index contributed by atoms with van der Waals surface area (Å²) >= 11 is 6.34. The maximum absolute atomic E-state index is 6.34. The first-order chi connectivity index (χ1) is 10.3. The molecule has 2 aromatic rings.